The molecule has 2 aromatic rings. The number of nitrogens with zero attached hydrogens (tertiary/aromatic N) is 2. The molecule has 18 heavy (non-hydrogen) atoms. The van der Waals surface area contributed by atoms with Crippen LogP contribution in [-0.4, -0.2) is 23.1 Å². The molecule has 0 aliphatic heterocycles. The number of aryl methyl sites for hydroxylation is 2. The van der Waals surface area contributed by atoms with Gasteiger partial charge in [-0.1, -0.05) is 6.07 Å². The molecule has 1 aromatic heterocycles. The van der Waals surface area contributed by atoms with Gasteiger partial charge in [-0.25, -0.2) is 4.98 Å². The van der Waals surface area contributed by atoms with Gasteiger partial charge in [0.1, 0.15) is 5.82 Å². The van der Waals surface area contributed by atoms with Crippen molar-refractivity contribution in [1.82, 2.24) is 14.9 Å². The van der Waals surface area contributed by atoms with Crippen LogP contribution >= 0.6 is 0 Å². The molecular formula is C15H21N3. The highest BCUT2D eigenvalue weighted by molar-refractivity contribution is 5.77. The molecule has 0 amide bonds. The number of aromatic nitrogens is 2. The molecule has 1 N–H and O–H groups in total. The molecule has 0 radical (unpaired) electrons. The van der Waals surface area contributed by atoms with E-state index in [0.29, 0.717) is 0 Å². The summed E-state index contributed by atoms with van der Waals surface area (Å²) in [4.78, 5) is 4.76. The van der Waals surface area contributed by atoms with Crippen LogP contribution in [0, 0.1) is 0 Å². The molecule has 1 heterocycles. The topological polar surface area (TPSA) is 29.9 Å². The van der Waals surface area contributed by atoms with Crippen LogP contribution in [0.3, 0.4) is 0 Å². The normalized spacial score (nSPS) is 15.4. The quantitative estimate of drug-likeness (QED) is 0.818. The molecule has 1 fully saturated rings. The molecule has 0 spiro atoms. The highest BCUT2D eigenvalue weighted by Crippen LogP contribution is 2.40. The third-order valence-corrected chi connectivity index (χ3v) is 3.81. The Morgan fingerprint density at radius 3 is 2.94 bits per heavy atom. The van der Waals surface area contributed by atoms with Gasteiger partial charge in [-0.15, -0.1) is 0 Å². The average Bonchev–Trinajstić information content (AvgIpc) is 3.16. The smallest absolute Gasteiger partial charge is 0.112 e. The first kappa shape index (κ1) is 11.7. The number of hydrogen-bond donors (Lipinski definition) is 1. The molecule has 3 rings (SSSR count). The van der Waals surface area contributed by atoms with E-state index in [0.717, 1.165) is 24.4 Å². The first-order chi connectivity index (χ1) is 8.79. The van der Waals surface area contributed by atoms with Crippen molar-refractivity contribution in [2.75, 3.05) is 13.6 Å². The second kappa shape index (κ2) is 4.73. The molecule has 1 aromatic carbocycles. The molecule has 1 aliphatic carbocycles. The molecule has 0 saturated heterocycles. The lowest BCUT2D eigenvalue weighted by atomic mass is 10.1. The maximum absolute atomic E-state index is 4.76. The van der Waals surface area contributed by atoms with Gasteiger partial charge in [-0.05, 0) is 57.0 Å². The van der Waals surface area contributed by atoms with Crippen LogP contribution in [0.2, 0.25) is 0 Å². The Morgan fingerprint density at radius 1 is 1.39 bits per heavy atom. The largest absolute Gasteiger partial charge is 0.331 e. The number of benzene rings is 1. The summed E-state index contributed by atoms with van der Waals surface area (Å²) in [7, 11) is 4.16. The monoisotopic (exact) mass is 243 g/mol. The standard InChI is InChI=1S/C15H21N3/c1-16-9-3-4-11-5-8-13-14(10-11)18(2)15(17-13)12-6-7-12/h5,8,10,12,16H,3-4,6-7,9H2,1-2H3. The highest BCUT2D eigenvalue weighted by Gasteiger charge is 2.28. The lowest BCUT2D eigenvalue weighted by molar-refractivity contribution is 0.725. The van der Waals surface area contributed by atoms with Gasteiger partial charge in [0, 0.05) is 13.0 Å². The van der Waals surface area contributed by atoms with E-state index < -0.39 is 0 Å². The van der Waals surface area contributed by atoms with Gasteiger partial charge >= 0.3 is 0 Å². The van der Waals surface area contributed by atoms with Crippen LogP contribution in [-0.2, 0) is 13.5 Å². The van der Waals surface area contributed by atoms with Gasteiger partial charge in [0.15, 0.2) is 0 Å². The summed E-state index contributed by atoms with van der Waals surface area (Å²) < 4.78 is 2.29. The van der Waals surface area contributed by atoms with Crippen molar-refractivity contribution >= 4 is 11.0 Å². The van der Waals surface area contributed by atoms with Crippen molar-refractivity contribution in [3.05, 3.63) is 29.6 Å². The van der Waals surface area contributed by atoms with Gasteiger partial charge in [0.25, 0.3) is 0 Å². The predicted octanol–water partition coefficient (Wildman–Crippen LogP) is 2.60. The predicted molar refractivity (Wildman–Crippen MR) is 74.9 cm³/mol. The van der Waals surface area contributed by atoms with Gasteiger partial charge in [0.05, 0.1) is 11.0 Å². The first-order valence-corrected chi connectivity index (χ1v) is 6.89. The Morgan fingerprint density at radius 2 is 2.22 bits per heavy atom. The van der Waals surface area contributed by atoms with Crippen LogP contribution in [0.25, 0.3) is 11.0 Å². The zero-order valence-corrected chi connectivity index (χ0v) is 11.2. The highest BCUT2D eigenvalue weighted by atomic mass is 15.1. The van der Waals surface area contributed by atoms with Crippen molar-refractivity contribution in [3.63, 3.8) is 0 Å². The van der Waals surface area contributed by atoms with Crippen LogP contribution in [0.15, 0.2) is 18.2 Å². The maximum Gasteiger partial charge on any atom is 0.112 e. The Bertz CT molecular complexity index is 552. The van der Waals surface area contributed by atoms with Crippen molar-refractivity contribution in [1.29, 1.82) is 0 Å². The fourth-order valence-electron chi connectivity index (χ4n) is 2.59. The fourth-order valence-corrected chi connectivity index (χ4v) is 2.59. The van der Waals surface area contributed by atoms with Crippen LogP contribution in [0.5, 0.6) is 0 Å². The van der Waals surface area contributed by atoms with Crippen molar-refractivity contribution in [3.8, 4) is 0 Å². The maximum atomic E-state index is 4.76. The molecular weight excluding hydrogens is 222 g/mol. The summed E-state index contributed by atoms with van der Waals surface area (Å²) in [6, 6.07) is 6.71. The zero-order chi connectivity index (χ0) is 12.5. The minimum Gasteiger partial charge on any atom is -0.331 e. The Hall–Kier alpha value is -1.35. The number of fused-ring (bicyclic) bond motifs is 1. The minimum absolute atomic E-state index is 0.718. The van der Waals surface area contributed by atoms with Crippen LogP contribution in [0.4, 0.5) is 0 Å². The van der Waals surface area contributed by atoms with Crippen LogP contribution in [0.1, 0.15) is 36.6 Å². The molecule has 0 bridgehead atoms. The van der Waals surface area contributed by atoms with Crippen molar-refractivity contribution in [2.24, 2.45) is 7.05 Å². The van der Waals surface area contributed by atoms with E-state index in [1.807, 2.05) is 7.05 Å². The van der Waals surface area contributed by atoms with Gasteiger partial charge < -0.3 is 9.88 Å². The summed E-state index contributed by atoms with van der Waals surface area (Å²) in [5.74, 6) is 1.99. The third kappa shape index (κ3) is 2.15. The van der Waals surface area contributed by atoms with E-state index in [1.54, 1.807) is 0 Å². The molecule has 1 aliphatic rings. The lowest BCUT2D eigenvalue weighted by Crippen LogP contribution is -2.08. The summed E-state index contributed by atoms with van der Waals surface area (Å²) in [5, 5.41) is 3.20. The summed E-state index contributed by atoms with van der Waals surface area (Å²) in [6.45, 7) is 1.08. The molecule has 96 valence electrons. The Labute approximate surface area is 108 Å². The molecule has 0 unspecified atom stereocenters. The molecule has 3 heteroatoms. The number of rotatable bonds is 5. The zero-order valence-electron chi connectivity index (χ0n) is 11.2. The van der Waals surface area contributed by atoms with E-state index in [4.69, 9.17) is 4.98 Å². The minimum atomic E-state index is 0.718. The number of nitrogens with one attached hydrogen (secondary N) is 1. The molecule has 3 nitrogen and oxygen atoms in total. The summed E-state index contributed by atoms with van der Waals surface area (Å²) in [6.07, 6.45) is 4.95. The van der Waals surface area contributed by atoms with Crippen molar-refractivity contribution in [2.45, 2.75) is 31.6 Å². The van der Waals surface area contributed by atoms with Crippen LogP contribution < -0.4 is 5.32 Å². The Balaban J connectivity index is 1.88. The second-order valence-corrected chi connectivity index (χ2v) is 5.33. The second-order valence-electron chi connectivity index (χ2n) is 5.33. The molecule has 1 saturated carbocycles. The molecule has 0 atom stereocenters. The summed E-state index contributed by atoms with van der Waals surface area (Å²) in [5.41, 5.74) is 3.86. The van der Waals surface area contributed by atoms with Gasteiger partial charge in [0.2, 0.25) is 0 Å². The SMILES string of the molecule is CNCCCc1ccc2nc(C3CC3)n(C)c2c1. The summed E-state index contributed by atoms with van der Waals surface area (Å²) >= 11 is 0. The number of hydrogen-bond acceptors (Lipinski definition) is 2. The van der Waals surface area contributed by atoms with E-state index in [-0.39, 0.29) is 0 Å². The van der Waals surface area contributed by atoms with E-state index in [9.17, 15) is 0 Å². The third-order valence-electron chi connectivity index (χ3n) is 3.81. The Kier molecular flexibility index (Phi) is 3.08. The number of imidazole rings is 1. The van der Waals surface area contributed by atoms with Crippen molar-refractivity contribution < 1.29 is 0 Å². The van der Waals surface area contributed by atoms with E-state index in [1.165, 1.54) is 36.2 Å². The van der Waals surface area contributed by atoms with E-state index in [2.05, 4.69) is 35.1 Å². The van der Waals surface area contributed by atoms with Gasteiger partial charge in [-0.3, -0.25) is 0 Å². The average molecular weight is 243 g/mol. The lowest BCUT2D eigenvalue weighted by Gasteiger charge is -2.03. The fraction of sp³-hybridized carbons (Fsp3) is 0.533. The van der Waals surface area contributed by atoms with Gasteiger partial charge in [-0.2, -0.15) is 0 Å². The first-order valence-electron chi connectivity index (χ1n) is 6.89. The van der Waals surface area contributed by atoms with E-state index >= 15 is 0 Å².